The van der Waals surface area contributed by atoms with Crippen LogP contribution in [0.2, 0.25) is 0 Å². The fraction of sp³-hybridized carbons (Fsp3) is 0.143. The van der Waals surface area contributed by atoms with Crippen LogP contribution < -0.4 is 10.9 Å². The Labute approximate surface area is 217 Å². The first kappa shape index (κ1) is 24.3. The Hall–Kier alpha value is -4.37. The number of rotatable bonds is 6. The first-order chi connectivity index (χ1) is 17.8. The molecule has 0 spiro atoms. The van der Waals surface area contributed by atoms with Crippen molar-refractivity contribution in [1.82, 2.24) is 24.6 Å². The van der Waals surface area contributed by atoms with E-state index in [0.717, 1.165) is 27.1 Å². The number of aromatic amines is 1. The van der Waals surface area contributed by atoms with Gasteiger partial charge in [0, 0.05) is 23.4 Å². The molecule has 2 heterocycles. The SMILES string of the molecule is Cc1nn(Cc2ccccc2)c(C)c1CNC(=O)c1ccc2c(=O)n(-c3ccccc3F)c(=S)[nH]c2c1. The van der Waals surface area contributed by atoms with E-state index in [-0.39, 0.29) is 16.4 Å². The number of H-pyrrole nitrogens is 1. The topological polar surface area (TPSA) is 84.7 Å². The summed E-state index contributed by atoms with van der Waals surface area (Å²) in [6, 6.07) is 20.7. The fourth-order valence-electron chi connectivity index (χ4n) is 4.38. The third-order valence-electron chi connectivity index (χ3n) is 6.39. The predicted molar refractivity (Wildman–Crippen MR) is 143 cm³/mol. The van der Waals surface area contributed by atoms with E-state index in [0.29, 0.717) is 29.6 Å². The maximum Gasteiger partial charge on any atom is 0.266 e. The molecule has 0 aliphatic heterocycles. The summed E-state index contributed by atoms with van der Waals surface area (Å²) < 4.78 is 17.4. The van der Waals surface area contributed by atoms with Gasteiger partial charge in [-0.05, 0) is 62.0 Å². The van der Waals surface area contributed by atoms with E-state index >= 15 is 0 Å². The van der Waals surface area contributed by atoms with Crippen molar-refractivity contribution >= 4 is 29.0 Å². The van der Waals surface area contributed by atoms with Crippen molar-refractivity contribution in [2.24, 2.45) is 0 Å². The molecule has 0 unspecified atom stereocenters. The summed E-state index contributed by atoms with van der Waals surface area (Å²) in [5, 5.41) is 7.88. The van der Waals surface area contributed by atoms with Crippen LogP contribution >= 0.6 is 12.2 Å². The first-order valence-corrected chi connectivity index (χ1v) is 12.1. The van der Waals surface area contributed by atoms with Gasteiger partial charge in [-0.3, -0.25) is 14.3 Å². The Morgan fingerprint density at radius 2 is 1.78 bits per heavy atom. The Kier molecular flexibility index (Phi) is 6.54. The molecule has 7 nitrogen and oxygen atoms in total. The standard InChI is InChI=1S/C28H24FN5O2S/c1-17-22(18(2)33(32-17)16-19-8-4-3-5-9-19)15-30-26(35)20-12-13-21-24(14-20)31-28(37)34(27(21)36)25-11-7-6-10-23(25)29/h3-14H,15-16H2,1-2H3,(H,30,35)(H,31,37). The number of amides is 1. The van der Waals surface area contributed by atoms with Crippen molar-refractivity contribution in [2.45, 2.75) is 26.9 Å². The molecule has 2 N–H and O–H groups in total. The number of nitrogens with zero attached hydrogens (tertiary/aromatic N) is 3. The summed E-state index contributed by atoms with van der Waals surface area (Å²) in [6.45, 7) is 4.87. The Bertz CT molecular complexity index is 1750. The second-order valence-electron chi connectivity index (χ2n) is 8.76. The highest BCUT2D eigenvalue weighted by molar-refractivity contribution is 7.71. The lowest BCUT2D eigenvalue weighted by atomic mass is 10.1. The number of benzene rings is 3. The summed E-state index contributed by atoms with van der Waals surface area (Å²) in [5.74, 6) is -0.855. The lowest BCUT2D eigenvalue weighted by Gasteiger charge is -2.10. The van der Waals surface area contributed by atoms with Gasteiger partial charge in [-0.25, -0.2) is 8.96 Å². The number of nitrogens with one attached hydrogen (secondary N) is 2. The molecule has 186 valence electrons. The average Bonchev–Trinajstić information content (AvgIpc) is 3.15. The normalized spacial score (nSPS) is 11.1. The quantitative estimate of drug-likeness (QED) is 0.314. The Morgan fingerprint density at radius 3 is 2.54 bits per heavy atom. The molecule has 5 rings (SSSR count). The van der Waals surface area contributed by atoms with Crippen molar-refractivity contribution in [3.63, 3.8) is 0 Å². The molecule has 0 saturated heterocycles. The number of carbonyl (C=O) groups is 1. The minimum Gasteiger partial charge on any atom is -0.348 e. The molecule has 9 heteroatoms. The van der Waals surface area contributed by atoms with Crippen LogP contribution in [0.3, 0.4) is 0 Å². The average molecular weight is 514 g/mol. The monoisotopic (exact) mass is 513 g/mol. The van der Waals surface area contributed by atoms with Crippen LogP contribution in [-0.4, -0.2) is 25.2 Å². The fourth-order valence-corrected chi connectivity index (χ4v) is 4.67. The van der Waals surface area contributed by atoms with Gasteiger partial charge in [-0.2, -0.15) is 5.10 Å². The Morgan fingerprint density at radius 1 is 1.05 bits per heavy atom. The molecule has 0 aliphatic carbocycles. The van der Waals surface area contributed by atoms with Crippen LogP contribution in [0.25, 0.3) is 16.6 Å². The molecule has 3 aromatic carbocycles. The third kappa shape index (κ3) is 4.73. The van der Waals surface area contributed by atoms with Gasteiger partial charge >= 0.3 is 0 Å². The maximum atomic E-state index is 14.3. The van der Waals surface area contributed by atoms with Crippen molar-refractivity contribution in [3.05, 3.63) is 122 Å². The number of carbonyl (C=O) groups excluding carboxylic acids is 1. The van der Waals surface area contributed by atoms with E-state index in [1.807, 2.05) is 48.9 Å². The number of halogens is 1. The predicted octanol–water partition coefficient (Wildman–Crippen LogP) is 4.98. The van der Waals surface area contributed by atoms with Gasteiger partial charge in [0.15, 0.2) is 4.77 Å². The van der Waals surface area contributed by atoms with Gasteiger partial charge in [-0.1, -0.05) is 42.5 Å². The zero-order valence-electron chi connectivity index (χ0n) is 20.3. The van der Waals surface area contributed by atoms with Crippen LogP contribution in [0.5, 0.6) is 0 Å². The highest BCUT2D eigenvalue weighted by Crippen LogP contribution is 2.17. The van der Waals surface area contributed by atoms with Gasteiger partial charge in [0.25, 0.3) is 11.5 Å². The van der Waals surface area contributed by atoms with Gasteiger partial charge in [0.2, 0.25) is 0 Å². The molecule has 0 fully saturated rings. The van der Waals surface area contributed by atoms with Crippen molar-refractivity contribution < 1.29 is 9.18 Å². The van der Waals surface area contributed by atoms with E-state index in [2.05, 4.69) is 15.4 Å². The van der Waals surface area contributed by atoms with Crippen molar-refractivity contribution in [2.75, 3.05) is 0 Å². The summed E-state index contributed by atoms with van der Waals surface area (Å²) in [4.78, 5) is 29.0. The van der Waals surface area contributed by atoms with Gasteiger partial charge < -0.3 is 10.3 Å². The highest BCUT2D eigenvalue weighted by Gasteiger charge is 2.16. The third-order valence-corrected chi connectivity index (χ3v) is 6.67. The van der Waals surface area contributed by atoms with Crippen LogP contribution in [0.15, 0.2) is 77.6 Å². The molecule has 2 aromatic heterocycles. The molecule has 0 bridgehead atoms. The molecule has 0 saturated carbocycles. The van der Waals surface area contributed by atoms with Crippen LogP contribution in [-0.2, 0) is 13.1 Å². The van der Waals surface area contributed by atoms with Crippen LogP contribution in [0, 0.1) is 24.4 Å². The van der Waals surface area contributed by atoms with Crippen molar-refractivity contribution in [1.29, 1.82) is 0 Å². The maximum absolute atomic E-state index is 14.3. The first-order valence-electron chi connectivity index (χ1n) is 11.7. The largest absolute Gasteiger partial charge is 0.348 e. The zero-order chi connectivity index (χ0) is 26.1. The molecule has 0 atom stereocenters. The minimum absolute atomic E-state index is 0.0391. The molecule has 1 amide bonds. The van der Waals surface area contributed by atoms with Crippen LogP contribution in [0.1, 0.15) is 32.9 Å². The number of para-hydroxylation sites is 1. The van der Waals surface area contributed by atoms with Crippen molar-refractivity contribution in [3.8, 4) is 5.69 Å². The van der Waals surface area contributed by atoms with E-state index in [4.69, 9.17) is 12.2 Å². The minimum atomic E-state index is -0.558. The number of aryl methyl sites for hydroxylation is 1. The second kappa shape index (κ2) is 9.94. The number of hydrogen-bond acceptors (Lipinski definition) is 4. The van der Waals surface area contributed by atoms with Gasteiger partial charge in [0.1, 0.15) is 5.82 Å². The van der Waals surface area contributed by atoms with Crippen LogP contribution in [0.4, 0.5) is 4.39 Å². The van der Waals surface area contributed by atoms with Gasteiger partial charge in [0.05, 0.1) is 28.8 Å². The molecule has 0 aliphatic rings. The number of aromatic nitrogens is 4. The highest BCUT2D eigenvalue weighted by atomic mass is 32.1. The smallest absolute Gasteiger partial charge is 0.266 e. The molecule has 37 heavy (non-hydrogen) atoms. The molecular formula is C28H24FN5O2S. The van der Waals surface area contributed by atoms with E-state index in [9.17, 15) is 14.0 Å². The summed E-state index contributed by atoms with van der Waals surface area (Å²) in [7, 11) is 0. The zero-order valence-corrected chi connectivity index (χ0v) is 21.1. The molecular weight excluding hydrogens is 489 g/mol. The Balaban J connectivity index is 1.38. The summed E-state index contributed by atoms with van der Waals surface area (Å²) in [6.07, 6.45) is 0. The molecule has 0 radical (unpaired) electrons. The number of fused-ring (bicyclic) bond motifs is 1. The lowest BCUT2D eigenvalue weighted by molar-refractivity contribution is 0.0951. The second-order valence-corrected chi connectivity index (χ2v) is 9.14. The molecule has 5 aromatic rings. The van der Waals surface area contributed by atoms with Gasteiger partial charge in [-0.15, -0.1) is 0 Å². The lowest BCUT2D eigenvalue weighted by Crippen LogP contribution is -2.24. The van der Waals surface area contributed by atoms with E-state index in [1.165, 1.54) is 12.1 Å². The summed E-state index contributed by atoms with van der Waals surface area (Å²) in [5.41, 5.74) is 4.31. The van der Waals surface area contributed by atoms with E-state index < -0.39 is 11.4 Å². The number of hydrogen-bond donors (Lipinski definition) is 2. The van der Waals surface area contributed by atoms with E-state index in [1.54, 1.807) is 30.3 Å². The summed E-state index contributed by atoms with van der Waals surface area (Å²) >= 11 is 5.34.